The molecule has 2 aliphatic rings. The summed E-state index contributed by atoms with van der Waals surface area (Å²) < 4.78 is 0. The lowest BCUT2D eigenvalue weighted by Gasteiger charge is -2.23. The molecule has 0 heterocycles. The van der Waals surface area contributed by atoms with Crippen LogP contribution in [0, 0.1) is 23.2 Å². The Kier molecular flexibility index (Phi) is 5.47. The summed E-state index contributed by atoms with van der Waals surface area (Å²) in [6, 6.07) is 0. The van der Waals surface area contributed by atoms with Crippen LogP contribution in [0.4, 0.5) is 0 Å². The molecular weight excluding hydrogens is 248 g/mol. The topological polar surface area (TPSA) is 55.1 Å². The zero-order valence-corrected chi connectivity index (χ0v) is 12.4. The minimum absolute atomic E-state index is 0. The van der Waals surface area contributed by atoms with Gasteiger partial charge in [0.1, 0.15) is 0 Å². The SMILES string of the molecule is CC(C)C1(CNC(=O)[C@@H]2CCC[C@@H]2CN)CC1.Cl. The molecule has 0 aromatic heterocycles. The molecule has 0 radical (unpaired) electrons. The van der Waals surface area contributed by atoms with Gasteiger partial charge < -0.3 is 11.1 Å². The minimum Gasteiger partial charge on any atom is -0.355 e. The number of carbonyl (C=O) groups is 1. The first-order valence-electron chi connectivity index (χ1n) is 7.07. The van der Waals surface area contributed by atoms with Gasteiger partial charge in [0.2, 0.25) is 5.91 Å². The van der Waals surface area contributed by atoms with Gasteiger partial charge in [-0.05, 0) is 49.5 Å². The molecule has 2 atom stereocenters. The molecule has 18 heavy (non-hydrogen) atoms. The maximum Gasteiger partial charge on any atom is 0.223 e. The second kappa shape index (κ2) is 6.25. The van der Waals surface area contributed by atoms with Crippen molar-refractivity contribution in [3.63, 3.8) is 0 Å². The number of carbonyl (C=O) groups excluding carboxylic acids is 1. The first kappa shape index (κ1) is 15.8. The molecule has 3 nitrogen and oxygen atoms in total. The number of halogens is 1. The molecule has 0 spiro atoms. The average Bonchev–Trinajstić information content (AvgIpc) is 2.96. The Morgan fingerprint density at radius 2 is 2.06 bits per heavy atom. The molecule has 4 heteroatoms. The van der Waals surface area contributed by atoms with Crippen LogP contribution in [0.3, 0.4) is 0 Å². The molecule has 0 saturated heterocycles. The Balaban J connectivity index is 0.00000162. The lowest BCUT2D eigenvalue weighted by molar-refractivity contribution is -0.126. The molecule has 2 rings (SSSR count). The third kappa shape index (κ3) is 3.18. The van der Waals surface area contributed by atoms with Crippen molar-refractivity contribution in [3.8, 4) is 0 Å². The number of hydrogen-bond donors (Lipinski definition) is 2. The van der Waals surface area contributed by atoms with E-state index in [0.717, 1.165) is 25.8 Å². The van der Waals surface area contributed by atoms with Crippen LogP contribution in [0.5, 0.6) is 0 Å². The van der Waals surface area contributed by atoms with E-state index in [-0.39, 0.29) is 24.2 Å². The minimum atomic E-state index is 0. The standard InChI is InChI=1S/C14H26N2O.ClH/c1-10(2)14(6-7-14)9-16-13(17)12-5-3-4-11(12)8-15;/h10-12H,3-9,15H2,1-2H3,(H,16,17);1H/t11-,12-;/m1./s1. The summed E-state index contributed by atoms with van der Waals surface area (Å²) >= 11 is 0. The lowest BCUT2D eigenvalue weighted by Crippen LogP contribution is -2.39. The van der Waals surface area contributed by atoms with Crippen LogP contribution in [0.25, 0.3) is 0 Å². The predicted octanol–water partition coefficient (Wildman–Crippen LogP) is 2.34. The highest BCUT2D eigenvalue weighted by Gasteiger charge is 2.45. The zero-order chi connectivity index (χ0) is 12.5. The van der Waals surface area contributed by atoms with Gasteiger partial charge in [-0.2, -0.15) is 0 Å². The van der Waals surface area contributed by atoms with E-state index < -0.39 is 0 Å². The molecule has 0 aromatic rings. The van der Waals surface area contributed by atoms with Gasteiger partial charge in [0.15, 0.2) is 0 Å². The van der Waals surface area contributed by atoms with Gasteiger partial charge >= 0.3 is 0 Å². The van der Waals surface area contributed by atoms with Crippen LogP contribution in [0.2, 0.25) is 0 Å². The van der Waals surface area contributed by atoms with E-state index in [1.54, 1.807) is 0 Å². The molecule has 0 unspecified atom stereocenters. The summed E-state index contributed by atoms with van der Waals surface area (Å²) in [7, 11) is 0. The number of rotatable bonds is 5. The van der Waals surface area contributed by atoms with E-state index in [4.69, 9.17) is 5.73 Å². The number of hydrogen-bond acceptors (Lipinski definition) is 2. The van der Waals surface area contributed by atoms with E-state index in [1.165, 1.54) is 12.8 Å². The van der Waals surface area contributed by atoms with Crippen LogP contribution < -0.4 is 11.1 Å². The molecule has 2 aliphatic carbocycles. The lowest BCUT2D eigenvalue weighted by atomic mass is 9.91. The van der Waals surface area contributed by atoms with E-state index in [2.05, 4.69) is 19.2 Å². The summed E-state index contributed by atoms with van der Waals surface area (Å²) in [5.74, 6) is 1.54. The van der Waals surface area contributed by atoms with E-state index in [1.807, 2.05) is 0 Å². The molecule has 1 amide bonds. The zero-order valence-electron chi connectivity index (χ0n) is 11.6. The van der Waals surface area contributed by atoms with E-state index in [0.29, 0.717) is 23.8 Å². The highest BCUT2D eigenvalue weighted by atomic mass is 35.5. The number of nitrogens with two attached hydrogens (primary N) is 1. The first-order chi connectivity index (χ1) is 8.09. The Hall–Kier alpha value is -0.280. The van der Waals surface area contributed by atoms with Crippen LogP contribution in [0.15, 0.2) is 0 Å². The van der Waals surface area contributed by atoms with Crippen molar-refractivity contribution < 1.29 is 4.79 Å². The van der Waals surface area contributed by atoms with Gasteiger partial charge in [0.05, 0.1) is 0 Å². The number of amides is 1. The Bertz CT molecular complexity index is 290. The van der Waals surface area contributed by atoms with Gasteiger partial charge in [-0.3, -0.25) is 4.79 Å². The Morgan fingerprint density at radius 1 is 1.39 bits per heavy atom. The van der Waals surface area contributed by atoms with Crippen LogP contribution >= 0.6 is 12.4 Å². The smallest absolute Gasteiger partial charge is 0.223 e. The molecule has 106 valence electrons. The van der Waals surface area contributed by atoms with Crippen molar-refractivity contribution in [1.82, 2.24) is 5.32 Å². The fourth-order valence-corrected chi connectivity index (χ4v) is 3.18. The van der Waals surface area contributed by atoms with Gasteiger partial charge in [-0.1, -0.05) is 20.3 Å². The van der Waals surface area contributed by atoms with Crippen molar-refractivity contribution in [2.24, 2.45) is 28.9 Å². The van der Waals surface area contributed by atoms with Crippen LogP contribution in [-0.2, 0) is 4.79 Å². The second-order valence-electron chi connectivity index (χ2n) is 6.27. The van der Waals surface area contributed by atoms with Gasteiger partial charge in [-0.25, -0.2) is 0 Å². The molecule has 0 bridgehead atoms. The van der Waals surface area contributed by atoms with Gasteiger partial charge in [0, 0.05) is 12.5 Å². The van der Waals surface area contributed by atoms with E-state index >= 15 is 0 Å². The normalized spacial score (nSPS) is 28.9. The summed E-state index contributed by atoms with van der Waals surface area (Å²) in [4.78, 5) is 12.1. The summed E-state index contributed by atoms with van der Waals surface area (Å²) in [6.07, 6.45) is 5.87. The van der Waals surface area contributed by atoms with Gasteiger partial charge in [0.25, 0.3) is 0 Å². The highest BCUT2D eigenvalue weighted by Crippen LogP contribution is 2.51. The molecule has 0 aromatic carbocycles. The molecule has 2 saturated carbocycles. The van der Waals surface area contributed by atoms with Crippen molar-refractivity contribution in [1.29, 1.82) is 0 Å². The van der Waals surface area contributed by atoms with Crippen LogP contribution in [-0.4, -0.2) is 19.0 Å². The maximum absolute atomic E-state index is 12.1. The highest BCUT2D eigenvalue weighted by molar-refractivity contribution is 5.85. The monoisotopic (exact) mass is 274 g/mol. The third-order valence-corrected chi connectivity index (χ3v) is 5.03. The summed E-state index contributed by atoms with van der Waals surface area (Å²) in [5, 5.41) is 3.18. The maximum atomic E-state index is 12.1. The molecule has 3 N–H and O–H groups in total. The average molecular weight is 275 g/mol. The Morgan fingerprint density at radius 3 is 2.56 bits per heavy atom. The van der Waals surface area contributed by atoms with Crippen molar-refractivity contribution in [2.75, 3.05) is 13.1 Å². The molecule has 0 aliphatic heterocycles. The van der Waals surface area contributed by atoms with Gasteiger partial charge in [-0.15, -0.1) is 12.4 Å². The van der Waals surface area contributed by atoms with Crippen molar-refractivity contribution in [3.05, 3.63) is 0 Å². The third-order valence-electron chi connectivity index (χ3n) is 5.03. The second-order valence-corrected chi connectivity index (χ2v) is 6.27. The van der Waals surface area contributed by atoms with E-state index in [9.17, 15) is 4.79 Å². The fraction of sp³-hybridized carbons (Fsp3) is 0.929. The molecule has 2 fully saturated rings. The number of nitrogens with one attached hydrogen (secondary N) is 1. The van der Waals surface area contributed by atoms with Crippen molar-refractivity contribution >= 4 is 18.3 Å². The largest absolute Gasteiger partial charge is 0.355 e. The van der Waals surface area contributed by atoms with Crippen LogP contribution in [0.1, 0.15) is 46.0 Å². The summed E-state index contributed by atoms with van der Waals surface area (Å²) in [5.41, 5.74) is 6.13. The quantitative estimate of drug-likeness (QED) is 0.809. The molecular formula is C14H27ClN2O. The Labute approximate surface area is 117 Å². The fourth-order valence-electron chi connectivity index (χ4n) is 3.18. The summed E-state index contributed by atoms with van der Waals surface area (Å²) in [6.45, 7) is 6.06. The predicted molar refractivity (Wildman–Crippen MR) is 76.6 cm³/mol. The first-order valence-corrected chi connectivity index (χ1v) is 7.07. The van der Waals surface area contributed by atoms with Crippen molar-refractivity contribution in [2.45, 2.75) is 46.0 Å².